The molecule has 31 heavy (non-hydrogen) atoms. The number of amides is 2. The maximum absolute atomic E-state index is 13.2. The number of hydrogen-bond donors (Lipinski definition) is 1. The van der Waals surface area contributed by atoms with E-state index in [1.54, 1.807) is 24.4 Å². The van der Waals surface area contributed by atoms with Gasteiger partial charge in [-0.05, 0) is 56.4 Å². The van der Waals surface area contributed by atoms with E-state index in [1.165, 1.54) is 6.42 Å². The molecule has 0 radical (unpaired) electrons. The zero-order valence-electron chi connectivity index (χ0n) is 17.7. The number of carbonyl (C=O) groups excluding carboxylic acids is 2. The molecule has 8 heteroatoms. The summed E-state index contributed by atoms with van der Waals surface area (Å²) in [6.45, 7) is 3.14. The summed E-state index contributed by atoms with van der Waals surface area (Å²) in [6.07, 6.45) is 6.91. The lowest BCUT2D eigenvalue weighted by atomic mass is 9.77. The van der Waals surface area contributed by atoms with Crippen LogP contribution in [-0.2, 0) is 4.79 Å². The van der Waals surface area contributed by atoms with Crippen LogP contribution >= 0.6 is 11.6 Å². The molecule has 166 valence electrons. The molecule has 1 aromatic heterocycles. The molecule has 2 aliphatic heterocycles. The third-order valence-electron chi connectivity index (χ3n) is 6.26. The zero-order valence-corrected chi connectivity index (χ0v) is 18.4. The van der Waals surface area contributed by atoms with Gasteiger partial charge in [-0.1, -0.05) is 17.7 Å². The predicted molar refractivity (Wildman–Crippen MR) is 118 cm³/mol. The van der Waals surface area contributed by atoms with Crippen molar-refractivity contribution in [1.29, 1.82) is 0 Å². The Balaban J connectivity index is 1.52. The molecule has 1 N–H and O–H groups in total. The Kier molecular flexibility index (Phi) is 6.80. The average Bonchev–Trinajstić information content (AvgIpc) is 3.33. The molecular formula is C23H29ClN4O3. The first-order chi connectivity index (χ1) is 15.0. The van der Waals surface area contributed by atoms with Crippen LogP contribution < -0.4 is 4.74 Å². The molecule has 0 aliphatic carbocycles. The van der Waals surface area contributed by atoms with Gasteiger partial charge in [-0.3, -0.25) is 14.7 Å². The van der Waals surface area contributed by atoms with E-state index in [0.29, 0.717) is 42.6 Å². The molecule has 3 heterocycles. The monoisotopic (exact) mass is 444 g/mol. The van der Waals surface area contributed by atoms with Gasteiger partial charge < -0.3 is 14.5 Å². The zero-order chi connectivity index (χ0) is 21.7. The maximum atomic E-state index is 13.2. The number of aromatic nitrogens is 2. The number of aromatic amines is 1. The molecule has 2 fully saturated rings. The Bertz CT molecular complexity index is 898. The first-order valence-corrected chi connectivity index (χ1v) is 11.4. The SMILES string of the molecule is O=C(C[C@]1(COc2cccc(Cl)c2)CCCN(C(=O)c2ccn[nH]2)C1)N1CCCCC1. The maximum Gasteiger partial charge on any atom is 0.271 e. The molecule has 7 nitrogen and oxygen atoms in total. The number of halogens is 1. The van der Waals surface area contributed by atoms with Gasteiger partial charge >= 0.3 is 0 Å². The molecule has 0 bridgehead atoms. The van der Waals surface area contributed by atoms with Crippen molar-refractivity contribution in [3.63, 3.8) is 0 Å². The largest absolute Gasteiger partial charge is 0.493 e. The fourth-order valence-corrected chi connectivity index (χ4v) is 4.79. The number of rotatable bonds is 6. The third-order valence-corrected chi connectivity index (χ3v) is 6.49. The van der Waals surface area contributed by atoms with Crippen LogP contribution in [0, 0.1) is 5.41 Å². The summed E-state index contributed by atoms with van der Waals surface area (Å²) in [5.41, 5.74) is 0.0269. The van der Waals surface area contributed by atoms with Crippen molar-refractivity contribution in [2.24, 2.45) is 5.41 Å². The third kappa shape index (κ3) is 5.39. The fourth-order valence-electron chi connectivity index (χ4n) is 4.61. The first kappa shape index (κ1) is 21.7. The summed E-state index contributed by atoms with van der Waals surface area (Å²) in [5, 5.41) is 7.26. The normalized spacial score (nSPS) is 21.7. The lowest BCUT2D eigenvalue weighted by Crippen LogP contribution is -2.51. The van der Waals surface area contributed by atoms with E-state index in [0.717, 1.165) is 38.8 Å². The predicted octanol–water partition coefficient (Wildman–Crippen LogP) is 3.77. The van der Waals surface area contributed by atoms with E-state index in [4.69, 9.17) is 16.3 Å². The molecule has 1 aromatic carbocycles. The van der Waals surface area contributed by atoms with Gasteiger partial charge in [0.2, 0.25) is 5.91 Å². The van der Waals surface area contributed by atoms with Crippen molar-refractivity contribution in [2.45, 2.75) is 38.5 Å². The number of nitrogens with one attached hydrogen (secondary N) is 1. The van der Waals surface area contributed by atoms with Crippen LogP contribution in [0.2, 0.25) is 5.02 Å². The standard InChI is InChI=1S/C23H29ClN4O3/c24-18-6-4-7-19(14-18)31-17-23(15-21(29)27-11-2-1-3-12-27)9-5-13-28(16-23)22(30)20-8-10-25-26-20/h4,6-8,10,14H,1-3,5,9,11-13,15-17H2,(H,25,26)/t23-/m1/s1. The number of H-pyrrole nitrogens is 1. The van der Waals surface area contributed by atoms with Gasteiger partial charge in [0, 0.05) is 49.2 Å². The van der Waals surface area contributed by atoms with E-state index in [1.807, 2.05) is 21.9 Å². The summed E-state index contributed by atoms with van der Waals surface area (Å²) in [4.78, 5) is 29.9. The minimum absolute atomic E-state index is 0.0882. The van der Waals surface area contributed by atoms with Crippen LogP contribution in [0.25, 0.3) is 0 Å². The van der Waals surface area contributed by atoms with Crippen LogP contribution in [0.4, 0.5) is 0 Å². The lowest BCUT2D eigenvalue weighted by molar-refractivity contribution is -0.136. The highest BCUT2D eigenvalue weighted by Crippen LogP contribution is 2.36. The van der Waals surface area contributed by atoms with E-state index in [-0.39, 0.29) is 11.8 Å². The second kappa shape index (κ2) is 9.73. The number of carbonyl (C=O) groups is 2. The molecule has 0 unspecified atom stereocenters. The minimum Gasteiger partial charge on any atom is -0.493 e. The molecule has 2 amide bonds. The van der Waals surface area contributed by atoms with E-state index < -0.39 is 5.41 Å². The molecular weight excluding hydrogens is 416 g/mol. The number of hydrogen-bond acceptors (Lipinski definition) is 4. The highest BCUT2D eigenvalue weighted by molar-refractivity contribution is 6.30. The second-order valence-electron chi connectivity index (χ2n) is 8.66. The van der Waals surface area contributed by atoms with Crippen LogP contribution in [0.15, 0.2) is 36.5 Å². The number of nitrogens with zero attached hydrogens (tertiary/aromatic N) is 3. The molecule has 0 saturated carbocycles. The molecule has 2 aromatic rings. The van der Waals surface area contributed by atoms with Crippen molar-refractivity contribution < 1.29 is 14.3 Å². The van der Waals surface area contributed by atoms with E-state index in [2.05, 4.69) is 10.2 Å². The van der Waals surface area contributed by atoms with Gasteiger partial charge in [-0.15, -0.1) is 0 Å². The number of ether oxygens (including phenoxy) is 1. The summed E-state index contributed by atoms with van der Waals surface area (Å²) in [7, 11) is 0. The van der Waals surface area contributed by atoms with Crippen LogP contribution in [0.3, 0.4) is 0 Å². The molecule has 0 spiro atoms. The van der Waals surface area contributed by atoms with Crippen LogP contribution in [-0.4, -0.2) is 64.6 Å². The summed E-state index contributed by atoms with van der Waals surface area (Å²) < 4.78 is 6.12. The van der Waals surface area contributed by atoms with Crippen molar-refractivity contribution in [1.82, 2.24) is 20.0 Å². The van der Waals surface area contributed by atoms with E-state index >= 15 is 0 Å². The van der Waals surface area contributed by atoms with Gasteiger partial charge in [0.1, 0.15) is 11.4 Å². The Labute approximate surface area is 187 Å². The number of benzene rings is 1. The highest BCUT2D eigenvalue weighted by atomic mass is 35.5. The Hall–Kier alpha value is -2.54. The molecule has 1 atom stereocenters. The van der Waals surface area contributed by atoms with Crippen molar-refractivity contribution in [3.05, 3.63) is 47.2 Å². The molecule has 2 aliphatic rings. The topological polar surface area (TPSA) is 78.5 Å². The number of likely N-dealkylation sites (tertiary alicyclic amines) is 2. The first-order valence-electron chi connectivity index (χ1n) is 11.0. The highest BCUT2D eigenvalue weighted by Gasteiger charge is 2.41. The Morgan fingerprint density at radius 1 is 1.10 bits per heavy atom. The Morgan fingerprint density at radius 3 is 2.65 bits per heavy atom. The van der Waals surface area contributed by atoms with Crippen LogP contribution in [0.1, 0.15) is 49.0 Å². The number of piperidine rings is 2. The smallest absolute Gasteiger partial charge is 0.271 e. The summed E-state index contributed by atoms with van der Waals surface area (Å²) in [5.74, 6) is 0.745. The van der Waals surface area contributed by atoms with Gasteiger partial charge in [0.15, 0.2) is 0 Å². The van der Waals surface area contributed by atoms with Crippen molar-refractivity contribution >= 4 is 23.4 Å². The summed E-state index contributed by atoms with van der Waals surface area (Å²) in [6, 6.07) is 8.97. The molecule has 2 saturated heterocycles. The van der Waals surface area contributed by atoms with E-state index in [9.17, 15) is 9.59 Å². The van der Waals surface area contributed by atoms with Gasteiger partial charge in [-0.2, -0.15) is 5.10 Å². The van der Waals surface area contributed by atoms with Gasteiger partial charge in [0.25, 0.3) is 5.91 Å². The minimum atomic E-state index is -0.440. The van der Waals surface area contributed by atoms with Gasteiger partial charge in [0.05, 0.1) is 6.61 Å². The second-order valence-corrected chi connectivity index (χ2v) is 9.10. The Morgan fingerprint density at radius 2 is 1.90 bits per heavy atom. The quantitative estimate of drug-likeness (QED) is 0.735. The van der Waals surface area contributed by atoms with Crippen LogP contribution in [0.5, 0.6) is 5.75 Å². The molecule has 4 rings (SSSR count). The van der Waals surface area contributed by atoms with Crippen molar-refractivity contribution in [3.8, 4) is 5.75 Å². The fraction of sp³-hybridized carbons (Fsp3) is 0.522. The lowest BCUT2D eigenvalue weighted by Gasteiger charge is -2.43. The van der Waals surface area contributed by atoms with Crippen molar-refractivity contribution in [2.75, 3.05) is 32.8 Å². The van der Waals surface area contributed by atoms with Gasteiger partial charge in [-0.25, -0.2) is 0 Å². The average molecular weight is 445 g/mol. The summed E-state index contributed by atoms with van der Waals surface area (Å²) >= 11 is 6.11.